The average Bonchev–Trinajstić information content (AvgIpc) is 2.62. The average molecular weight is 244 g/mol. The number of nitrogens with zero attached hydrogens (tertiary/aromatic N) is 2. The third kappa shape index (κ3) is 2.18. The number of aliphatic hydroxyl groups excluding tert-OH is 1. The van der Waals surface area contributed by atoms with E-state index >= 15 is 0 Å². The number of hydrogen-bond acceptors (Lipinski definition) is 2. The minimum atomic E-state index is -0.615. The molecule has 0 saturated heterocycles. The lowest BCUT2D eigenvalue weighted by Gasteiger charge is -2.16. The summed E-state index contributed by atoms with van der Waals surface area (Å²) in [4.78, 5) is 0. The summed E-state index contributed by atoms with van der Waals surface area (Å²) in [6.07, 6.45) is -0.615. The van der Waals surface area contributed by atoms with Crippen molar-refractivity contribution in [3.05, 3.63) is 51.8 Å². The molecular weight excluding hydrogens is 224 g/mol. The lowest BCUT2D eigenvalue weighted by molar-refractivity contribution is 0.209. The Balaban J connectivity index is 2.49. The van der Waals surface area contributed by atoms with Crippen molar-refractivity contribution < 1.29 is 5.11 Å². The van der Waals surface area contributed by atoms with Crippen LogP contribution in [-0.4, -0.2) is 14.9 Å². The molecule has 3 heteroatoms. The van der Waals surface area contributed by atoms with Crippen molar-refractivity contribution in [2.24, 2.45) is 7.05 Å². The van der Waals surface area contributed by atoms with Gasteiger partial charge in [-0.2, -0.15) is 5.10 Å². The molecule has 2 rings (SSSR count). The van der Waals surface area contributed by atoms with E-state index in [1.165, 1.54) is 11.1 Å². The van der Waals surface area contributed by atoms with Crippen molar-refractivity contribution >= 4 is 0 Å². The fourth-order valence-electron chi connectivity index (χ4n) is 2.32. The molecule has 0 radical (unpaired) electrons. The molecule has 1 atom stereocenters. The molecule has 2 aromatic rings. The normalized spacial score (nSPS) is 12.8. The lowest BCUT2D eigenvalue weighted by Crippen LogP contribution is -2.08. The fourth-order valence-corrected chi connectivity index (χ4v) is 2.32. The zero-order chi connectivity index (χ0) is 13.4. The second kappa shape index (κ2) is 4.58. The van der Waals surface area contributed by atoms with Gasteiger partial charge in [-0.3, -0.25) is 4.68 Å². The molecule has 0 aliphatic rings. The number of rotatable bonds is 2. The smallest absolute Gasteiger partial charge is 0.121 e. The highest BCUT2D eigenvalue weighted by Gasteiger charge is 2.17. The van der Waals surface area contributed by atoms with Crippen LogP contribution in [0.4, 0.5) is 0 Å². The number of benzene rings is 1. The monoisotopic (exact) mass is 244 g/mol. The molecule has 0 amide bonds. The van der Waals surface area contributed by atoms with Crippen molar-refractivity contribution in [3.8, 4) is 0 Å². The van der Waals surface area contributed by atoms with Crippen LogP contribution in [0.5, 0.6) is 0 Å². The van der Waals surface area contributed by atoms with Gasteiger partial charge in [0.25, 0.3) is 0 Å². The van der Waals surface area contributed by atoms with Gasteiger partial charge in [0.1, 0.15) is 6.10 Å². The Hall–Kier alpha value is -1.61. The van der Waals surface area contributed by atoms with Crippen LogP contribution in [0, 0.1) is 27.7 Å². The Labute approximate surface area is 108 Å². The molecule has 96 valence electrons. The maximum Gasteiger partial charge on any atom is 0.121 e. The van der Waals surface area contributed by atoms with E-state index in [1.807, 2.05) is 27.0 Å². The Morgan fingerprint density at radius 2 is 1.61 bits per heavy atom. The largest absolute Gasteiger partial charge is 0.382 e. The zero-order valence-corrected chi connectivity index (χ0v) is 11.7. The molecule has 0 fully saturated rings. The molecule has 0 bridgehead atoms. The first-order chi connectivity index (χ1) is 8.40. The van der Waals surface area contributed by atoms with Crippen molar-refractivity contribution in [1.82, 2.24) is 9.78 Å². The summed E-state index contributed by atoms with van der Waals surface area (Å²) in [5.41, 5.74) is 6.29. The Morgan fingerprint density at radius 1 is 1.00 bits per heavy atom. The van der Waals surface area contributed by atoms with Gasteiger partial charge in [0, 0.05) is 7.05 Å². The van der Waals surface area contributed by atoms with Crippen molar-refractivity contribution in [2.75, 3.05) is 0 Å². The maximum atomic E-state index is 10.5. The molecular formula is C15H20N2O. The van der Waals surface area contributed by atoms with Gasteiger partial charge in [0.05, 0.1) is 11.4 Å². The Morgan fingerprint density at radius 3 is 2.17 bits per heavy atom. The van der Waals surface area contributed by atoms with E-state index in [0.29, 0.717) is 0 Å². The molecule has 1 heterocycles. The molecule has 3 nitrogen and oxygen atoms in total. The van der Waals surface area contributed by atoms with Gasteiger partial charge in [-0.1, -0.05) is 12.1 Å². The number of aliphatic hydroxyl groups is 1. The standard InChI is InChI=1S/C15H20N2O/c1-9-6-11(3)13(7-10(9)2)15(18)14-8-12(4)16-17(14)5/h6-8,15,18H,1-5H3. The molecule has 1 unspecified atom stereocenters. The van der Waals surface area contributed by atoms with E-state index in [-0.39, 0.29) is 0 Å². The van der Waals surface area contributed by atoms with E-state index < -0.39 is 6.10 Å². The van der Waals surface area contributed by atoms with Gasteiger partial charge in [-0.05, 0) is 56.0 Å². The summed E-state index contributed by atoms with van der Waals surface area (Å²) in [6, 6.07) is 6.12. The molecule has 1 aromatic heterocycles. The molecule has 18 heavy (non-hydrogen) atoms. The number of hydrogen-bond donors (Lipinski definition) is 1. The molecule has 1 N–H and O–H groups in total. The highest BCUT2D eigenvalue weighted by molar-refractivity contribution is 5.40. The summed E-state index contributed by atoms with van der Waals surface area (Å²) >= 11 is 0. The van der Waals surface area contributed by atoms with Crippen LogP contribution < -0.4 is 0 Å². The summed E-state index contributed by atoms with van der Waals surface area (Å²) in [5.74, 6) is 0. The molecule has 0 saturated carbocycles. The van der Waals surface area contributed by atoms with Crippen LogP contribution in [-0.2, 0) is 7.05 Å². The summed E-state index contributed by atoms with van der Waals surface area (Å²) in [6.45, 7) is 8.13. The fraction of sp³-hybridized carbons (Fsp3) is 0.400. The van der Waals surface area contributed by atoms with E-state index in [0.717, 1.165) is 22.5 Å². The number of aryl methyl sites for hydroxylation is 5. The van der Waals surface area contributed by atoms with Crippen LogP contribution >= 0.6 is 0 Å². The quantitative estimate of drug-likeness (QED) is 0.882. The van der Waals surface area contributed by atoms with Crippen LogP contribution in [0.1, 0.15) is 39.7 Å². The second-order valence-corrected chi connectivity index (χ2v) is 5.03. The van der Waals surface area contributed by atoms with Gasteiger partial charge in [-0.25, -0.2) is 0 Å². The van der Waals surface area contributed by atoms with E-state index in [4.69, 9.17) is 0 Å². The maximum absolute atomic E-state index is 10.5. The third-order valence-electron chi connectivity index (χ3n) is 3.50. The Bertz CT molecular complexity index is 584. The van der Waals surface area contributed by atoms with Crippen LogP contribution in [0.2, 0.25) is 0 Å². The van der Waals surface area contributed by atoms with E-state index in [9.17, 15) is 5.11 Å². The van der Waals surface area contributed by atoms with Crippen LogP contribution in [0.15, 0.2) is 18.2 Å². The SMILES string of the molecule is Cc1cc(C(O)c2cc(C)c(C)cc2C)n(C)n1. The molecule has 0 aliphatic carbocycles. The van der Waals surface area contributed by atoms with Crippen molar-refractivity contribution in [3.63, 3.8) is 0 Å². The minimum Gasteiger partial charge on any atom is -0.382 e. The first-order valence-electron chi connectivity index (χ1n) is 6.16. The van der Waals surface area contributed by atoms with Gasteiger partial charge in [0.2, 0.25) is 0 Å². The van der Waals surface area contributed by atoms with Gasteiger partial charge < -0.3 is 5.11 Å². The highest BCUT2D eigenvalue weighted by atomic mass is 16.3. The second-order valence-electron chi connectivity index (χ2n) is 5.03. The van der Waals surface area contributed by atoms with Crippen LogP contribution in [0.25, 0.3) is 0 Å². The topological polar surface area (TPSA) is 38.0 Å². The minimum absolute atomic E-state index is 0.615. The van der Waals surface area contributed by atoms with Gasteiger partial charge >= 0.3 is 0 Å². The summed E-state index contributed by atoms with van der Waals surface area (Å²) in [7, 11) is 1.86. The summed E-state index contributed by atoms with van der Waals surface area (Å²) < 4.78 is 1.74. The summed E-state index contributed by atoms with van der Waals surface area (Å²) in [5, 5.41) is 14.8. The first kappa shape index (κ1) is 12.8. The third-order valence-corrected chi connectivity index (χ3v) is 3.50. The van der Waals surface area contributed by atoms with E-state index in [1.54, 1.807) is 4.68 Å². The zero-order valence-electron chi connectivity index (χ0n) is 11.7. The molecule has 0 aliphatic heterocycles. The van der Waals surface area contributed by atoms with Crippen molar-refractivity contribution in [2.45, 2.75) is 33.8 Å². The van der Waals surface area contributed by atoms with Gasteiger partial charge in [-0.15, -0.1) is 0 Å². The Kier molecular flexibility index (Phi) is 3.26. The predicted molar refractivity (Wildman–Crippen MR) is 72.7 cm³/mol. The van der Waals surface area contributed by atoms with Gasteiger partial charge in [0.15, 0.2) is 0 Å². The lowest BCUT2D eigenvalue weighted by atomic mass is 9.96. The predicted octanol–water partition coefficient (Wildman–Crippen LogP) is 2.74. The van der Waals surface area contributed by atoms with Crippen LogP contribution in [0.3, 0.4) is 0 Å². The molecule has 1 aromatic carbocycles. The highest BCUT2D eigenvalue weighted by Crippen LogP contribution is 2.27. The molecule has 0 spiro atoms. The van der Waals surface area contributed by atoms with E-state index in [2.05, 4.69) is 31.1 Å². The first-order valence-corrected chi connectivity index (χ1v) is 6.16. The van der Waals surface area contributed by atoms with Crippen molar-refractivity contribution in [1.29, 1.82) is 0 Å². The number of aromatic nitrogens is 2.